The highest BCUT2D eigenvalue weighted by atomic mass is 19.1. The summed E-state index contributed by atoms with van der Waals surface area (Å²) in [5.41, 5.74) is 2.50. The van der Waals surface area contributed by atoms with Crippen LogP contribution < -0.4 is 5.48 Å². The molecule has 0 unspecified atom stereocenters. The van der Waals surface area contributed by atoms with Crippen molar-refractivity contribution >= 4 is 23.8 Å². The third-order valence-corrected chi connectivity index (χ3v) is 4.01. The van der Waals surface area contributed by atoms with Crippen molar-refractivity contribution in [3.05, 3.63) is 41.2 Å². The summed E-state index contributed by atoms with van der Waals surface area (Å²) in [4.78, 5) is 36.4. The highest BCUT2D eigenvalue weighted by Crippen LogP contribution is 2.22. The van der Waals surface area contributed by atoms with Gasteiger partial charge in [-0.05, 0) is 36.6 Å². The molecule has 134 valence electrons. The molecule has 0 atom stereocenters. The van der Waals surface area contributed by atoms with Crippen molar-refractivity contribution in [1.82, 2.24) is 10.4 Å². The van der Waals surface area contributed by atoms with Crippen molar-refractivity contribution < 1.29 is 24.0 Å². The van der Waals surface area contributed by atoms with E-state index in [2.05, 4.69) is 0 Å². The molecule has 1 aromatic rings. The Morgan fingerprint density at radius 3 is 2.72 bits per heavy atom. The van der Waals surface area contributed by atoms with Gasteiger partial charge in [0, 0.05) is 18.5 Å². The number of hydrogen-bond acceptors (Lipinski definition) is 4. The number of benzene rings is 1. The number of unbranched alkanes of at least 4 members (excludes halogenated alkanes) is 3. The SMILES string of the molecule is O=C(CCCCCCN1C(=O)C/C(=C\c2cccc(F)c2)C1=O)NO. The van der Waals surface area contributed by atoms with Crippen LogP contribution in [0.1, 0.15) is 44.1 Å². The van der Waals surface area contributed by atoms with Crippen molar-refractivity contribution in [2.45, 2.75) is 38.5 Å². The topological polar surface area (TPSA) is 86.7 Å². The smallest absolute Gasteiger partial charge is 0.256 e. The molecule has 7 heteroatoms. The van der Waals surface area contributed by atoms with E-state index in [1.807, 2.05) is 0 Å². The van der Waals surface area contributed by atoms with Crippen LogP contribution in [0.4, 0.5) is 4.39 Å². The van der Waals surface area contributed by atoms with E-state index in [1.54, 1.807) is 23.7 Å². The van der Waals surface area contributed by atoms with Gasteiger partial charge >= 0.3 is 0 Å². The highest BCUT2D eigenvalue weighted by molar-refractivity contribution is 6.15. The number of halogens is 1. The summed E-state index contributed by atoms with van der Waals surface area (Å²) in [5.74, 6) is -1.38. The maximum atomic E-state index is 13.2. The van der Waals surface area contributed by atoms with E-state index in [0.717, 1.165) is 12.8 Å². The van der Waals surface area contributed by atoms with Crippen LogP contribution in [0.5, 0.6) is 0 Å². The molecule has 1 aromatic carbocycles. The lowest BCUT2D eigenvalue weighted by Gasteiger charge is -2.13. The largest absolute Gasteiger partial charge is 0.289 e. The minimum Gasteiger partial charge on any atom is -0.289 e. The first kappa shape index (κ1) is 18.8. The summed E-state index contributed by atoms with van der Waals surface area (Å²) in [6, 6.07) is 5.87. The van der Waals surface area contributed by atoms with Crippen molar-refractivity contribution in [2.75, 3.05) is 6.54 Å². The molecule has 0 radical (unpaired) electrons. The number of hydroxylamine groups is 1. The number of nitrogens with zero attached hydrogens (tertiary/aromatic N) is 1. The van der Waals surface area contributed by atoms with E-state index < -0.39 is 11.7 Å². The number of likely N-dealkylation sites (tertiary alicyclic amines) is 1. The first-order valence-corrected chi connectivity index (χ1v) is 8.25. The molecule has 2 N–H and O–H groups in total. The van der Waals surface area contributed by atoms with Gasteiger partial charge in [0.1, 0.15) is 5.82 Å². The molecule has 0 aliphatic carbocycles. The number of nitrogens with one attached hydrogen (secondary N) is 1. The van der Waals surface area contributed by atoms with Crippen molar-refractivity contribution in [3.8, 4) is 0 Å². The monoisotopic (exact) mass is 348 g/mol. The zero-order valence-corrected chi connectivity index (χ0v) is 13.8. The summed E-state index contributed by atoms with van der Waals surface area (Å²) in [7, 11) is 0. The molecule has 2 rings (SSSR count). The molecule has 1 aliphatic rings. The zero-order chi connectivity index (χ0) is 18.2. The Labute approximate surface area is 145 Å². The van der Waals surface area contributed by atoms with Gasteiger partial charge in [0.25, 0.3) is 5.91 Å². The van der Waals surface area contributed by atoms with E-state index >= 15 is 0 Å². The lowest BCUT2D eigenvalue weighted by molar-refractivity contribution is -0.137. The zero-order valence-electron chi connectivity index (χ0n) is 13.8. The Bertz CT molecular complexity index is 687. The molecular weight excluding hydrogens is 327 g/mol. The normalized spacial score (nSPS) is 15.9. The van der Waals surface area contributed by atoms with Gasteiger partial charge in [-0.3, -0.25) is 24.5 Å². The molecule has 3 amide bonds. The van der Waals surface area contributed by atoms with Gasteiger partial charge < -0.3 is 0 Å². The van der Waals surface area contributed by atoms with Crippen molar-refractivity contribution in [1.29, 1.82) is 0 Å². The van der Waals surface area contributed by atoms with E-state index in [9.17, 15) is 18.8 Å². The van der Waals surface area contributed by atoms with Crippen LogP contribution in [0.15, 0.2) is 29.8 Å². The number of hydrogen-bond donors (Lipinski definition) is 2. The number of rotatable bonds is 8. The van der Waals surface area contributed by atoms with Gasteiger partial charge in [-0.25, -0.2) is 9.87 Å². The van der Waals surface area contributed by atoms with Crippen molar-refractivity contribution in [2.24, 2.45) is 0 Å². The van der Waals surface area contributed by atoms with Gasteiger partial charge in [0.05, 0.1) is 6.42 Å². The predicted molar refractivity (Wildman–Crippen MR) is 88.7 cm³/mol. The second-order valence-electron chi connectivity index (χ2n) is 5.95. The van der Waals surface area contributed by atoms with Crippen LogP contribution in [0.25, 0.3) is 6.08 Å². The lowest BCUT2D eigenvalue weighted by Crippen LogP contribution is -2.30. The fraction of sp³-hybridized carbons (Fsp3) is 0.389. The molecular formula is C18H21FN2O4. The number of amides is 3. The molecule has 1 aliphatic heterocycles. The Morgan fingerprint density at radius 1 is 1.24 bits per heavy atom. The van der Waals surface area contributed by atoms with Gasteiger partial charge in [0.15, 0.2) is 0 Å². The van der Waals surface area contributed by atoms with Crippen LogP contribution in [0.2, 0.25) is 0 Å². The van der Waals surface area contributed by atoms with E-state index in [4.69, 9.17) is 5.21 Å². The van der Waals surface area contributed by atoms with Crippen molar-refractivity contribution in [3.63, 3.8) is 0 Å². The molecule has 1 fully saturated rings. The first-order chi connectivity index (χ1) is 12.0. The van der Waals surface area contributed by atoms with Crippen LogP contribution in [-0.2, 0) is 14.4 Å². The van der Waals surface area contributed by atoms with Gasteiger partial charge in [-0.1, -0.05) is 25.0 Å². The minimum atomic E-state index is -0.419. The maximum absolute atomic E-state index is 13.2. The third-order valence-electron chi connectivity index (χ3n) is 4.01. The lowest BCUT2D eigenvalue weighted by atomic mass is 10.1. The average molecular weight is 348 g/mol. The van der Waals surface area contributed by atoms with Gasteiger partial charge in [-0.2, -0.15) is 0 Å². The number of carbonyl (C=O) groups is 3. The molecule has 0 spiro atoms. The number of carbonyl (C=O) groups excluding carboxylic acids is 3. The second-order valence-corrected chi connectivity index (χ2v) is 5.95. The van der Waals surface area contributed by atoms with E-state index in [0.29, 0.717) is 30.5 Å². The minimum absolute atomic E-state index is 0.0337. The summed E-state index contributed by atoms with van der Waals surface area (Å²) in [6.07, 6.45) is 4.68. The summed E-state index contributed by atoms with van der Waals surface area (Å²) < 4.78 is 13.2. The first-order valence-electron chi connectivity index (χ1n) is 8.25. The summed E-state index contributed by atoms with van der Waals surface area (Å²) >= 11 is 0. The second kappa shape index (κ2) is 9.08. The Kier molecular flexibility index (Phi) is 6.82. The van der Waals surface area contributed by atoms with Crippen LogP contribution in [-0.4, -0.2) is 34.4 Å². The Morgan fingerprint density at radius 2 is 2.00 bits per heavy atom. The molecule has 25 heavy (non-hydrogen) atoms. The van der Waals surface area contributed by atoms with Gasteiger partial charge in [0.2, 0.25) is 11.8 Å². The molecule has 6 nitrogen and oxygen atoms in total. The van der Waals surface area contributed by atoms with E-state index in [-0.39, 0.29) is 24.7 Å². The molecule has 0 saturated carbocycles. The molecule has 0 bridgehead atoms. The summed E-state index contributed by atoms with van der Waals surface area (Å²) in [5, 5.41) is 8.38. The standard InChI is InChI=1S/C18H21FN2O4/c19-15-7-5-6-13(11-15)10-14-12-17(23)21(18(14)24)9-4-2-1-3-8-16(22)20-25/h5-7,10-11,25H,1-4,8-9,12H2,(H,20,22)/b14-10+. The van der Waals surface area contributed by atoms with Crippen LogP contribution >= 0.6 is 0 Å². The highest BCUT2D eigenvalue weighted by Gasteiger charge is 2.33. The third kappa shape index (κ3) is 5.49. The fourth-order valence-corrected chi connectivity index (χ4v) is 2.72. The Balaban J connectivity index is 1.82. The quantitative estimate of drug-likeness (QED) is 0.248. The maximum Gasteiger partial charge on any atom is 0.256 e. The molecule has 1 saturated heterocycles. The van der Waals surface area contributed by atoms with Crippen LogP contribution in [0.3, 0.4) is 0 Å². The number of imide groups is 1. The average Bonchev–Trinajstić information content (AvgIpc) is 2.84. The predicted octanol–water partition coefficient (Wildman–Crippen LogP) is 2.42. The Hall–Kier alpha value is -2.54. The summed E-state index contributed by atoms with van der Waals surface area (Å²) in [6.45, 7) is 0.338. The van der Waals surface area contributed by atoms with Gasteiger partial charge in [-0.15, -0.1) is 0 Å². The molecule has 1 heterocycles. The van der Waals surface area contributed by atoms with Crippen LogP contribution in [0, 0.1) is 5.82 Å². The fourth-order valence-electron chi connectivity index (χ4n) is 2.72. The molecule has 0 aromatic heterocycles. The van der Waals surface area contributed by atoms with E-state index in [1.165, 1.54) is 17.0 Å².